The van der Waals surface area contributed by atoms with E-state index in [-0.39, 0.29) is 12.4 Å². The number of nitrogens with one attached hydrogen (secondary N) is 1. The first-order valence-corrected chi connectivity index (χ1v) is 10.8. The molecule has 29 heavy (non-hydrogen) atoms. The summed E-state index contributed by atoms with van der Waals surface area (Å²) < 4.78 is 30.2. The van der Waals surface area contributed by atoms with Gasteiger partial charge in [0.1, 0.15) is 6.04 Å². The molecule has 0 radical (unpaired) electrons. The fourth-order valence-corrected chi connectivity index (χ4v) is 3.38. The van der Waals surface area contributed by atoms with Crippen molar-refractivity contribution < 1.29 is 17.7 Å². The Bertz CT molecular complexity index is 1080. The third-order valence-electron chi connectivity index (χ3n) is 4.23. The van der Waals surface area contributed by atoms with Crippen LogP contribution in [0.4, 0.5) is 0 Å². The van der Waals surface area contributed by atoms with E-state index < -0.39 is 22.0 Å². The van der Waals surface area contributed by atoms with Crippen LogP contribution in [0.3, 0.4) is 0 Å². The number of benzene rings is 2. The van der Waals surface area contributed by atoms with Gasteiger partial charge in [0, 0.05) is 17.6 Å². The van der Waals surface area contributed by atoms with E-state index >= 15 is 0 Å². The number of nitrogens with zero attached hydrogens (tertiary/aromatic N) is 3. The first-order valence-electron chi connectivity index (χ1n) is 8.60. The quantitative estimate of drug-likeness (QED) is 0.612. The second-order valence-electron chi connectivity index (χ2n) is 6.33. The molecule has 2 aromatic carbocycles. The molecule has 0 bridgehead atoms. The number of carbonyl (C=O) groups is 1. The average molecular weight is 435 g/mol. The van der Waals surface area contributed by atoms with E-state index in [0.717, 1.165) is 16.1 Å². The molecule has 0 aliphatic rings. The molecule has 8 nitrogen and oxygen atoms in total. The predicted molar refractivity (Wildman–Crippen MR) is 108 cm³/mol. The molecule has 1 N–H and O–H groups in total. The van der Waals surface area contributed by atoms with Crippen LogP contribution in [-0.4, -0.2) is 42.1 Å². The van der Waals surface area contributed by atoms with Crippen LogP contribution in [0.2, 0.25) is 5.02 Å². The van der Waals surface area contributed by atoms with Crippen molar-refractivity contribution in [3.8, 4) is 11.4 Å². The summed E-state index contributed by atoms with van der Waals surface area (Å²) in [5, 5.41) is 7.14. The van der Waals surface area contributed by atoms with Crippen molar-refractivity contribution in [1.29, 1.82) is 0 Å². The molecule has 1 heterocycles. The fraction of sp³-hybridized carbons (Fsp3) is 0.211. The fourth-order valence-electron chi connectivity index (χ4n) is 2.66. The molecular weight excluding hydrogens is 416 g/mol. The van der Waals surface area contributed by atoms with Crippen LogP contribution < -0.4 is 5.32 Å². The Morgan fingerprint density at radius 3 is 2.45 bits per heavy atom. The molecule has 0 saturated heterocycles. The SMILES string of the molecule is CN(C(C(=O)NCc1nc(-c2ccc(Cl)cc2)no1)c1ccccc1)S(C)(=O)=O. The molecule has 0 spiro atoms. The summed E-state index contributed by atoms with van der Waals surface area (Å²) in [6.07, 6.45) is 1.05. The number of aromatic nitrogens is 2. The minimum absolute atomic E-state index is 0.0413. The summed E-state index contributed by atoms with van der Waals surface area (Å²) in [6.45, 7) is -0.0413. The van der Waals surface area contributed by atoms with E-state index in [0.29, 0.717) is 16.4 Å². The zero-order valence-electron chi connectivity index (χ0n) is 15.7. The molecule has 1 amide bonds. The standard InChI is InChI=1S/C19H19ClN4O4S/c1-24(29(2,26)27)17(13-6-4-3-5-7-13)19(25)21-12-16-22-18(23-28-16)14-8-10-15(20)11-9-14/h3-11,17H,12H2,1-2H3,(H,21,25). The Morgan fingerprint density at radius 1 is 1.17 bits per heavy atom. The topological polar surface area (TPSA) is 105 Å². The van der Waals surface area contributed by atoms with Crippen molar-refractivity contribution in [2.45, 2.75) is 12.6 Å². The van der Waals surface area contributed by atoms with Gasteiger partial charge in [-0.25, -0.2) is 8.42 Å². The second kappa shape index (κ2) is 8.73. The van der Waals surface area contributed by atoms with Gasteiger partial charge in [-0.15, -0.1) is 0 Å². The summed E-state index contributed by atoms with van der Waals surface area (Å²) >= 11 is 5.87. The normalized spacial score (nSPS) is 12.7. The zero-order chi connectivity index (χ0) is 21.0. The van der Waals surface area contributed by atoms with Crippen molar-refractivity contribution in [1.82, 2.24) is 19.8 Å². The van der Waals surface area contributed by atoms with Crippen LogP contribution in [0.1, 0.15) is 17.5 Å². The Hall–Kier alpha value is -2.75. The average Bonchev–Trinajstić information content (AvgIpc) is 3.16. The highest BCUT2D eigenvalue weighted by molar-refractivity contribution is 7.88. The molecule has 1 unspecified atom stereocenters. The van der Waals surface area contributed by atoms with Gasteiger partial charge in [0.2, 0.25) is 27.6 Å². The minimum Gasteiger partial charge on any atom is -0.345 e. The number of likely N-dealkylation sites (N-methyl/N-ethyl adjacent to an activating group) is 1. The first-order chi connectivity index (χ1) is 13.8. The van der Waals surface area contributed by atoms with E-state index in [1.807, 2.05) is 0 Å². The number of hydrogen-bond acceptors (Lipinski definition) is 6. The van der Waals surface area contributed by atoms with Crippen molar-refractivity contribution in [3.05, 3.63) is 71.1 Å². The van der Waals surface area contributed by atoms with E-state index in [9.17, 15) is 13.2 Å². The summed E-state index contributed by atoms with van der Waals surface area (Å²) in [7, 11) is -2.24. The first kappa shape index (κ1) is 21.0. The van der Waals surface area contributed by atoms with Gasteiger partial charge in [0.05, 0.1) is 12.8 Å². The van der Waals surface area contributed by atoms with Crippen molar-refractivity contribution in [2.24, 2.45) is 0 Å². The van der Waals surface area contributed by atoms with E-state index in [1.54, 1.807) is 54.6 Å². The highest BCUT2D eigenvalue weighted by atomic mass is 35.5. The monoisotopic (exact) mass is 434 g/mol. The van der Waals surface area contributed by atoms with Crippen LogP contribution in [-0.2, 0) is 21.4 Å². The lowest BCUT2D eigenvalue weighted by Crippen LogP contribution is -2.41. The van der Waals surface area contributed by atoms with Crippen molar-refractivity contribution in [3.63, 3.8) is 0 Å². The third-order valence-corrected chi connectivity index (χ3v) is 5.74. The minimum atomic E-state index is -3.60. The molecule has 10 heteroatoms. The number of amides is 1. The van der Waals surface area contributed by atoms with Gasteiger partial charge in [0.25, 0.3) is 0 Å². The smallest absolute Gasteiger partial charge is 0.246 e. The lowest BCUT2D eigenvalue weighted by Gasteiger charge is -2.25. The van der Waals surface area contributed by atoms with E-state index in [2.05, 4.69) is 15.5 Å². The molecule has 152 valence electrons. The van der Waals surface area contributed by atoms with Crippen LogP contribution in [0, 0.1) is 0 Å². The Kier molecular flexibility index (Phi) is 6.31. The zero-order valence-corrected chi connectivity index (χ0v) is 17.3. The maximum Gasteiger partial charge on any atom is 0.246 e. The lowest BCUT2D eigenvalue weighted by molar-refractivity contribution is -0.125. The maximum atomic E-state index is 12.8. The highest BCUT2D eigenvalue weighted by Gasteiger charge is 2.30. The summed E-state index contributed by atoms with van der Waals surface area (Å²) in [4.78, 5) is 17.0. The molecule has 0 fully saturated rings. The van der Waals surface area contributed by atoms with Gasteiger partial charge in [-0.05, 0) is 29.8 Å². The molecule has 0 saturated carbocycles. The molecule has 3 rings (SSSR count). The van der Waals surface area contributed by atoms with Crippen molar-refractivity contribution >= 4 is 27.5 Å². The Balaban J connectivity index is 1.74. The largest absolute Gasteiger partial charge is 0.345 e. The summed E-state index contributed by atoms with van der Waals surface area (Å²) in [5.74, 6) is 0.0475. The van der Waals surface area contributed by atoms with Crippen LogP contribution in [0.5, 0.6) is 0 Å². The summed E-state index contributed by atoms with van der Waals surface area (Å²) in [5.41, 5.74) is 1.26. The molecule has 3 aromatic rings. The van der Waals surface area contributed by atoms with Crippen LogP contribution >= 0.6 is 11.6 Å². The van der Waals surface area contributed by atoms with Crippen molar-refractivity contribution in [2.75, 3.05) is 13.3 Å². The Morgan fingerprint density at radius 2 is 1.83 bits per heavy atom. The van der Waals surface area contributed by atoms with E-state index in [4.69, 9.17) is 16.1 Å². The van der Waals surface area contributed by atoms with Gasteiger partial charge >= 0.3 is 0 Å². The number of rotatable bonds is 7. The number of halogens is 1. The molecular formula is C19H19ClN4O4S. The van der Waals surface area contributed by atoms with E-state index in [1.165, 1.54) is 7.05 Å². The van der Waals surface area contributed by atoms with Gasteiger partial charge in [-0.1, -0.05) is 47.1 Å². The maximum absolute atomic E-state index is 12.8. The van der Waals surface area contributed by atoms with Gasteiger partial charge < -0.3 is 9.84 Å². The number of hydrogen-bond donors (Lipinski definition) is 1. The van der Waals surface area contributed by atoms with Crippen LogP contribution in [0.25, 0.3) is 11.4 Å². The number of sulfonamides is 1. The lowest BCUT2D eigenvalue weighted by atomic mass is 10.1. The molecule has 0 aliphatic carbocycles. The second-order valence-corrected chi connectivity index (χ2v) is 8.81. The highest BCUT2D eigenvalue weighted by Crippen LogP contribution is 2.22. The van der Waals surface area contributed by atoms with Gasteiger partial charge in [-0.2, -0.15) is 9.29 Å². The molecule has 0 aliphatic heterocycles. The number of carbonyl (C=O) groups excluding carboxylic acids is 1. The Labute approximate surface area is 173 Å². The molecule has 1 atom stereocenters. The predicted octanol–water partition coefficient (Wildman–Crippen LogP) is 2.64. The van der Waals surface area contributed by atoms with Gasteiger partial charge in [-0.3, -0.25) is 4.79 Å². The third kappa shape index (κ3) is 5.20. The summed E-state index contributed by atoms with van der Waals surface area (Å²) in [6, 6.07) is 14.5. The van der Waals surface area contributed by atoms with Crippen LogP contribution in [0.15, 0.2) is 59.1 Å². The van der Waals surface area contributed by atoms with Gasteiger partial charge in [0.15, 0.2) is 0 Å². The molecule has 1 aromatic heterocycles.